The van der Waals surface area contributed by atoms with Crippen LogP contribution in [-0.4, -0.2) is 127 Å². The Kier molecular flexibility index (Phi) is 14.0. The van der Waals surface area contributed by atoms with Gasteiger partial charge in [-0.25, -0.2) is 19.4 Å². The number of carboxylic acid groups (broad SMARTS) is 3. The summed E-state index contributed by atoms with van der Waals surface area (Å²) in [5.41, 5.74) is 2.45. The van der Waals surface area contributed by atoms with Gasteiger partial charge in [-0.1, -0.05) is 0 Å². The molecule has 22 heteroatoms. The number of fused-ring (bicyclic) bond motifs is 2. The zero-order valence-corrected chi connectivity index (χ0v) is 26.1. The Hall–Kier alpha value is -3.92. The number of carbonyl (C=O) groups is 3. The van der Waals surface area contributed by atoms with Crippen molar-refractivity contribution in [2.24, 2.45) is 13.0 Å². The van der Waals surface area contributed by atoms with Crippen LogP contribution in [-0.2, 0) is 38.3 Å². The number of ether oxygens (including phenoxy) is 1. The van der Waals surface area contributed by atoms with Gasteiger partial charge >= 0.3 is 36.4 Å². The highest BCUT2D eigenvalue weighted by molar-refractivity contribution is 5.73. The molecular formula is C27H35F9N6O7. The number of carboxylic acids is 3. The Labute approximate surface area is 272 Å². The number of likely N-dealkylation sites (tertiary alicyclic amines) is 1. The average molecular weight is 727 g/mol. The lowest BCUT2D eigenvalue weighted by Gasteiger charge is -2.50. The first-order chi connectivity index (χ1) is 22.5. The third-order valence-corrected chi connectivity index (χ3v) is 7.93. The molecule has 5 rings (SSSR count). The van der Waals surface area contributed by atoms with Crippen LogP contribution in [0.4, 0.5) is 39.5 Å². The lowest BCUT2D eigenvalue weighted by molar-refractivity contribution is -0.193. The molecule has 5 heterocycles. The molecule has 0 aliphatic carbocycles. The molecule has 3 aliphatic rings. The van der Waals surface area contributed by atoms with Crippen molar-refractivity contribution < 1.29 is 74.0 Å². The van der Waals surface area contributed by atoms with E-state index in [9.17, 15) is 39.5 Å². The van der Waals surface area contributed by atoms with Crippen molar-refractivity contribution in [1.82, 2.24) is 29.1 Å². The molecule has 0 atom stereocenters. The van der Waals surface area contributed by atoms with E-state index in [0.29, 0.717) is 0 Å². The quantitative estimate of drug-likeness (QED) is 0.394. The fraction of sp³-hybridized carbons (Fsp3) is 0.667. The summed E-state index contributed by atoms with van der Waals surface area (Å²) in [6.45, 7) is 7.53. The minimum absolute atomic E-state index is 0.0743. The molecule has 2 aromatic rings. The number of imidazole rings is 1. The molecule has 2 aromatic heterocycles. The third-order valence-electron chi connectivity index (χ3n) is 7.93. The fourth-order valence-corrected chi connectivity index (χ4v) is 5.40. The highest BCUT2D eigenvalue weighted by Crippen LogP contribution is 2.41. The maximum absolute atomic E-state index is 10.6. The molecule has 3 aliphatic heterocycles. The smallest absolute Gasteiger partial charge is 0.475 e. The van der Waals surface area contributed by atoms with E-state index in [1.807, 2.05) is 17.9 Å². The number of hydrogen-bond acceptors (Lipinski definition) is 8. The van der Waals surface area contributed by atoms with Crippen LogP contribution in [0.1, 0.15) is 31.5 Å². The fourth-order valence-electron chi connectivity index (χ4n) is 5.40. The van der Waals surface area contributed by atoms with Gasteiger partial charge in [0, 0.05) is 64.7 Å². The second-order valence-corrected chi connectivity index (χ2v) is 11.2. The highest BCUT2D eigenvalue weighted by Gasteiger charge is 2.46. The first-order valence-corrected chi connectivity index (χ1v) is 14.5. The van der Waals surface area contributed by atoms with Gasteiger partial charge in [0.2, 0.25) is 0 Å². The Morgan fingerprint density at radius 2 is 1.29 bits per heavy atom. The van der Waals surface area contributed by atoms with Crippen LogP contribution in [0.2, 0.25) is 0 Å². The number of rotatable bonds is 3. The van der Waals surface area contributed by atoms with Gasteiger partial charge in [-0.2, -0.15) is 44.6 Å². The Morgan fingerprint density at radius 3 is 1.69 bits per heavy atom. The number of likely N-dealkylation sites (N-methyl/N-ethyl adjacent to an activating group) is 1. The second-order valence-electron chi connectivity index (χ2n) is 11.2. The van der Waals surface area contributed by atoms with E-state index in [1.165, 1.54) is 30.9 Å². The molecule has 2 fully saturated rings. The van der Waals surface area contributed by atoms with E-state index in [-0.39, 0.29) is 5.54 Å². The van der Waals surface area contributed by atoms with Gasteiger partial charge in [0.1, 0.15) is 5.82 Å². The van der Waals surface area contributed by atoms with Gasteiger partial charge in [-0.3, -0.25) is 9.58 Å². The van der Waals surface area contributed by atoms with Gasteiger partial charge in [-0.05, 0) is 38.6 Å². The minimum atomic E-state index is -5.08. The predicted molar refractivity (Wildman–Crippen MR) is 149 cm³/mol. The van der Waals surface area contributed by atoms with Crippen LogP contribution in [0, 0.1) is 5.92 Å². The summed E-state index contributed by atoms with van der Waals surface area (Å²) in [5, 5.41) is 25.7. The maximum Gasteiger partial charge on any atom is 0.490 e. The van der Waals surface area contributed by atoms with Gasteiger partial charge in [0.15, 0.2) is 0 Å². The van der Waals surface area contributed by atoms with Crippen LogP contribution in [0.5, 0.6) is 0 Å². The van der Waals surface area contributed by atoms with Crippen molar-refractivity contribution in [1.29, 1.82) is 0 Å². The van der Waals surface area contributed by atoms with Crippen molar-refractivity contribution in [3.63, 3.8) is 0 Å². The van der Waals surface area contributed by atoms with E-state index in [1.54, 1.807) is 0 Å². The molecule has 0 unspecified atom stereocenters. The summed E-state index contributed by atoms with van der Waals surface area (Å²) in [6.07, 6.45) is -4.38. The monoisotopic (exact) mass is 726 g/mol. The molecule has 278 valence electrons. The molecule has 3 N–H and O–H groups in total. The second kappa shape index (κ2) is 16.7. The van der Waals surface area contributed by atoms with Gasteiger partial charge in [-0.15, -0.1) is 0 Å². The number of alkyl halides is 9. The minimum Gasteiger partial charge on any atom is -0.475 e. The first kappa shape index (κ1) is 41.3. The van der Waals surface area contributed by atoms with Crippen LogP contribution in [0.15, 0.2) is 18.6 Å². The number of hydrogen-bond donors (Lipinski definition) is 3. The summed E-state index contributed by atoms with van der Waals surface area (Å²) in [7, 11) is 4.26. The number of aromatic nitrogens is 4. The number of aliphatic carboxylic acids is 3. The summed E-state index contributed by atoms with van der Waals surface area (Å²) < 4.78 is 105. The van der Waals surface area contributed by atoms with Crippen molar-refractivity contribution >= 4 is 17.9 Å². The van der Waals surface area contributed by atoms with E-state index >= 15 is 0 Å². The molecule has 0 amide bonds. The topological polar surface area (TPSA) is 163 Å². The Morgan fingerprint density at radius 1 is 0.816 bits per heavy atom. The molecular weight excluding hydrogens is 691 g/mol. The van der Waals surface area contributed by atoms with Crippen molar-refractivity contribution in [2.45, 2.75) is 56.3 Å². The Balaban J connectivity index is 0.000000325. The van der Waals surface area contributed by atoms with E-state index < -0.39 is 36.4 Å². The van der Waals surface area contributed by atoms with Crippen molar-refractivity contribution in [2.75, 3.05) is 46.4 Å². The van der Waals surface area contributed by atoms with Gasteiger partial charge in [0.05, 0.1) is 23.6 Å². The molecule has 13 nitrogen and oxygen atoms in total. The molecule has 0 bridgehead atoms. The van der Waals surface area contributed by atoms with E-state index in [2.05, 4.69) is 38.9 Å². The lowest BCUT2D eigenvalue weighted by atomic mass is 9.83. The van der Waals surface area contributed by atoms with E-state index in [4.69, 9.17) is 39.4 Å². The Bertz CT molecular complexity index is 1340. The van der Waals surface area contributed by atoms with Crippen LogP contribution < -0.4 is 0 Å². The normalized spacial score (nSPS) is 18.5. The first-order valence-electron chi connectivity index (χ1n) is 14.5. The molecule has 2 saturated heterocycles. The zero-order chi connectivity index (χ0) is 37.4. The summed E-state index contributed by atoms with van der Waals surface area (Å²) in [6, 6.07) is 0. The maximum atomic E-state index is 10.6. The number of nitrogens with zero attached hydrogens (tertiary/aromatic N) is 6. The number of piperidine rings is 1. The molecule has 0 aromatic carbocycles. The largest absolute Gasteiger partial charge is 0.490 e. The van der Waals surface area contributed by atoms with Crippen LogP contribution in [0.25, 0.3) is 11.3 Å². The van der Waals surface area contributed by atoms with Crippen LogP contribution in [0.3, 0.4) is 0 Å². The predicted octanol–water partition coefficient (Wildman–Crippen LogP) is 3.85. The summed E-state index contributed by atoms with van der Waals surface area (Å²) in [4.78, 5) is 36.9. The average Bonchev–Trinajstić information content (AvgIpc) is 3.63. The molecule has 0 radical (unpaired) electrons. The van der Waals surface area contributed by atoms with Gasteiger partial charge in [0.25, 0.3) is 0 Å². The summed E-state index contributed by atoms with van der Waals surface area (Å²) in [5.74, 6) is -6.20. The van der Waals surface area contributed by atoms with Gasteiger partial charge < -0.3 is 29.5 Å². The molecule has 49 heavy (non-hydrogen) atoms. The van der Waals surface area contributed by atoms with Crippen molar-refractivity contribution in [3.8, 4) is 11.3 Å². The summed E-state index contributed by atoms with van der Waals surface area (Å²) >= 11 is 0. The van der Waals surface area contributed by atoms with Crippen molar-refractivity contribution in [3.05, 3.63) is 24.4 Å². The zero-order valence-electron chi connectivity index (χ0n) is 26.1. The standard InChI is InChI=1S/C21H32N6O.3C2HF3O2/c1-24-9-10-27-19(18-13-23-25(2)16-18)14-22-20(27)21(24)5-7-26(8-6-21)15-17-3-11-28-12-4-17;3*3-2(4,5)1(6)7/h13-14,16-17H,3-12,15H2,1-2H3;3*(H,6,7). The lowest BCUT2D eigenvalue weighted by Crippen LogP contribution is -2.56. The number of halogens is 9. The third kappa shape index (κ3) is 11.9. The SMILES string of the molecule is CN1CCn2c(-c3cnn(C)c3)cnc2C12CCN(CC1CCOCC1)CC2.O=C(O)C(F)(F)F.O=C(O)C(F)(F)F.O=C(O)C(F)(F)F. The van der Waals surface area contributed by atoms with E-state index in [0.717, 1.165) is 63.7 Å². The van der Waals surface area contributed by atoms with Crippen LogP contribution >= 0.6 is 0 Å². The molecule has 0 saturated carbocycles. The molecule has 1 spiro atoms. The highest BCUT2D eigenvalue weighted by atomic mass is 19.4. The number of aryl methyl sites for hydroxylation is 1.